The quantitative estimate of drug-likeness (QED) is 0.504. The van der Waals surface area contributed by atoms with E-state index in [1.165, 1.54) is 12.3 Å². The van der Waals surface area contributed by atoms with Crippen LogP contribution in [0.15, 0.2) is 43.2 Å². The summed E-state index contributed by atoms with van der Waals surface area (Å²) < 4.78 is 21.6. The van der Waals surface area contributed by atoms with Gasteiger partial charge in [0.15, 0.2) is 5.65 Å². The van der Waals surface area contributed by atoms with Crippen molar-refractivity contribution in [2.45, 2.75) is 19.9 Å². The first-order valence-corrected chi connectivity index (χ1v) is 8.52. The molecule has 0 saturated carbocycles. The Kier molecular flexibility index (Phi) is 4.23. The molecule has 1 atom stereocenters. The second-order valence-electron chi connectivity index (χ2n) is 6.04. The Bertz CT molecular complexity index is 1160. The van der Waals surface area contributed by atoms with Gasteiger partial charge in [-0.25, -0.2) is 19.0 Å². The van der Waals surface area contributed by atoms with Gasteiger partial charge in [0.2, 0.25) is 5.65 Å². The number of fused-ring (bicyclic) bond motifs is 2. The molecule has 0 amide bonds. The van der Waals surface area contributed by atoms with E-state index < -0.39 is 6.04 Å². The lowest BCUT2D eigenvalue weighted by Gasteiger charge is -2.14. The molecule has 1 unspecified atom stereocenters. The molecule has 0 radical (unpaired) electrons. The molecule has 27 heavy (non-hydrogen) atoms. The summed E-state index contributed by atoms with van der Waals surface area (Å²) in [5.74, 6) is 0.0513. The molecule has 7 nitrogen and oxygen atoms in total. The van der Waals surface area contributed by atoms with E-state index in [0.29, 0.717) is 40.4 Å². The van der Waals surface area contributed by atoms with Gasteiger partial charge in [0.25, 0.3) is 0 Å². The van der Waals surface area contributed by atoms with Crippen LogP contribution < -0.4 is 0 Å². The third-order valence-electron chi connectivity index (χ3n) is 4.33. The first-order valence-electron chi connectivity index (χ1n) is 8.52. The Balaban J connectivity index is 1.80. The van der Waals surface area contributed by atoms with Gasteiger partial charge in [-0.05, 0) is 26.0 Å². The number of pyridine rings is 1. The molecule has 1 aromatic carbocycles. The third kappa shape index (κ3) is 2.99. The average Bonchev–Trinajstić information content (AvgIpc) is 3.10. The maximum Gasteiger partial charge on any atom is 0.221 e. The van der Waals surface area contributed by atoms with Crippen LogP contribution in [0.3, 0.4) is 0 Å². The van der Waals surface area contributed by atoms with Crippen molar-refractivity contribution >= 4 is 28.0 Å². The maximum atomic E-state index is 14.7. The van der Waals surface area contributed by atoms with Gasteiger partial charge in [-0.15, -0.1) is 5.10 Å². The van der Waals surface area contributed by atoms with Gasteiger partial charge in [-0.1, -0.05) is 17.9 Å². The van der Waals surface area contributed by atoms with Crippen molar-refractivity contribution < 1.29 is 9.13 Å². The first-order chi connectivity index (χ1) is 13.1. The highest BCUT2D eigenvalue weighted by atomic mass is 19.1. The number of halogens is 1. The highest BCUT2D eigenvalue weighted by Crippen LogP contribution is 2.26. The molecule has 0 aliphatic rings. The molecule has 4 rings (SSSR count). The molecule has 0 aliphatic heterocycles. The van der Waals surface area contributed by atoms with Crippen LogP contribution in [0.25, 0.3) is 28.0 Å². The largest absolute Gasteiger partial charge is 0.492 e. The SMILES string of the molecule is C=C(OCC)c1cnc2nnn(C(C)c3cc4cccnc4cc3F)c2n1. The molecule has 0 spiro atoms. The summed E-state index contributed by atoms with van der Waals surface area (Å²) in [5, 5.41) is 9.01. The number of aromatic nitrogens is 6. The molecule has 3 aromatic heterocycles. The van der Waals surface area contributed by atoms with E-state index in [0.717, 1.165) is 5.39 Å². The fraction of sp³-hybridized carbons (Fsp3) is 0.211. The number of hydrogen-bond donors (Lipinski definition) is 0. The van der Waals surface area contributed by atoms with Crippen molar-refractivity contribution in [3.63, 3.8) is 0 Å². The van der Waals surface area contributed by atoms with Crippen LogP contribution in [0, 0.1) is 5.82 Å². The topological polar surface area (TPSA) is 78.6 Å². The summed E-state index contributed by atoms with van der Waals surface area (Å²) in [6.07, 6.45) is 3.17. The number of nitrogens with zero attached hydrogens (tertiary/aromatic N) is 6. The van der Waals surface area contributed by atoms with E-state index in [9.17, 15) is 4.39 Å². The van der Waals surface area contributed by atoms with Crippen LogP contribution in [0.4, 0.5) is 4.39 Å². The summed E-state index contributed by atoms with van der Waals surface area (Å²) in [5.41, 5.74) is 2.37. The van der Waals surface area contributed by atoms with Crippen LogP contribution in [-0.2, 0) is 4.74 Å². The van der Waals surface area contributed by atoms with Crippen LogP contribution in [-0.4, -0.2) is 36.6 Å². The fourth-order valence-corrected chi connectivity index (χ4v) is 2.94. The molecule has 136 valence electrons. The predicted octanol–water partition coefficient (Wildman–Crippen LogP) is 3.53. The molecular weight excluding hydrogens is 347 g/mol. The second-order valence-corrected chi connectivity index (χ2v) is 6.04. The summed E-state index contributed by atoms with van der Waals surface area (Å²) in [6, 6.07) is 6.46. The number of benzene rings is 1. The van der Waals surface area contributed by atoms with Crippen molar-refractivity contribution in [1.82, 2.24) is 29.9 Å². The van der Waals surface area contributed by atoms with E-state index in [2.05, 4.69) is 31.8 Å². The molecule has 8 heteroatoms. The van der Waals surface area contributed by atoms with Crippen LogP contribution in [0.2, 0.25) is 0 Å². The number of rotatable bonds is 5. The highest BCUT2D eigenvalue weighted by molar-refractivity contribution is 5.79. The molecule has 0 N–H and O–H groups in total. The van der Waals surface area contributed by atoms with Gasteiger partial charge in [0.05, 0.1) is 24.4 Å². The lowest BCUT2D eigenvalue weighted by atomic mass is 10.0. The molecule has 0 bridgehead atoms. The summed E-state index contributed by atoms with van der Waals surface area (Å²) in [6.45, 7) is 8.02. The first kappa shape index (κ1) is 17.0. The van der Waals surface area contributed by atoms with Crippen molar-refractivity contribution in [3.05, 3.63) is 60.3 Å². The standard InChI is InChI=1S/C19H17FN6O/c1-4-27-12(3)17-10-22-18-19(23-17)26(25-24-18)11(2)14-8-13-6-5-7-21-16(13)9-15(14)20/h5-11H,3-4H2,1-2H3. The lowest BCUT2D eigenvalue weighted by Crippen LogP contribution is -2.12. The zero-order chi connectivity index (χ0) is 19.0. The van der Waals surface area contributed by atoms with Gasteiger partial charge >= 0.3 is 0 Å². The van der Waals surface area contributed by atoms with Crippen molar-refractivity contribution in [2.75, 3.05) is 6.61 Å². The maximum absolute atomic E-state index is 14.7. The van der Waals surface area contributed by atoms with Crippen molar-refractivity contribution in [2.24, 2.45) is 0 Å². The Morgan fingerprint density at radius 1 is 1.33 bits per heavy atom. The number of ether oxygens (including phenoxy) is 1. The van der Waals surface area contributed by atoms with Crippen LogP contribution >= 0.6 is 0 Å². The molecular formula is C19H17FN6O. The van der Waals surface area contributed by atoms with Gasteiger partial charge in [0.1, 0.15) is 17.3 Å². The summed E-state index contributed by atoms with van der Waals surface area (Å²) in [4.78, 5) is 12.9. The van der Waals surface area contributed by atoms with Crippen LogP contribution in [0.1, 0.15) is 31.1 Å². The predicted molar refractivity (Wildman–Crippen MR) is 99.3 cm³/mol. The van der Waals surface area contributed by atoms with Gasteiger partial charge in [-0.3, -0.25) is 4.98 Å². The van der Waals surface area contributed by atoms with Gasteiger partial charge < -0.3 is 4.74 Å². The Labute approximate surface area is 154 Å². The molecule has 0 fully saturated rings. The third-order valence-corrected chi connectivity index (χ3v) is 4.33. The van der Waals surface area contributed by atoms with Gasteiger partial charge in [-0.2, -0.15) is 0 Å². The Morgan fingerprint density at radius 2 is 2.19 bits per heavy atom. The minimum atomic E-state index is -0.440. The van der Waals surface area contributed by atoms with Gasteiger partial charge in [0, 0.05) is 23.2 Å². The van der Waals surface area contributed by atoms with Crippen LogP contribution in [0.5, 0.6) is 0 Å². The Morgan fingerprint density at radius 3 is 3.00 bits per heavy atom. The zero-order valence-electron chi connectivity index (χ0n) is 14.9. The monoisotopic (exact) mass is 364 g/mol. The molecule has 3 heterocycles. The fourth-order valence-electron chi connectivity index (χ4n) is 2.94. The van der Waals surface area contributed by atoms with E-state index in [1.54, 1.807) is 16.9 Å². The van der Waals surface area contributed by atoms with E-state index >= 15 is 0 Å². The van der Waals surface area contributed by atoms with Crippen molar-refractivity contribution in [1.29, 1.82) is 0 Å². The molecule has 0 saturated heterocycles. The van der Waals surface area contributed by atoms with E-state index in [1.807, 2.05) is 26.0 Å². The zero-order valence-corrected chi connectivity index (χ0v) is 14.9. The number of hydrogen-bond acceptors (Lipinski definition) is 6. The minimum absolute atomic E-state index is 0.361. The normalized spacial score (nSPS) is 12.4. The molecule has 4 aromatic rings. The van der Waals surface area contributed by atoms with E-state index in [-0.39, 0.29) is 5.82 Å². The second kappa shape index (κ2) is 6.71. The highest BCUT2D eigenvalue weighted by Gasteiger charge is 2.20. The van der Waals surface area contributed by atoms with E-state index in [4.69, 9.17) is 4.74 Å². The molecule has 0 aliphatic carbocycles. The minimum Gasteiger partial charge on any atom is -0.492 e. The summed E-state index contributed by atoms with van der Waals surface area (Å²) >= 11 is 0. The smallest absolute Gasteiger partial charge is 0.221 e. The average molecular weight is 364 g/mol. The Hall–Kier alpha value is -3.42. The summed E-state index contributed by atoms with van der Waals surface area (Å²) in [7, 11) is 0. The van der Waals surface area contributed by atoms with Crippen molar-refractivity contribution in [3.8, 4) is 0 Å². The lowest BCUT2D eigenvalue weighted by molar-refractivity contribution is 0.297.